The number of amides is 1. The average molecular weight is 427 g/mol. The van der Waals surface area contributed by atoms with Gasteiger partial charge in [0.15, 0.2) is 0 Å². The summed E-state index contributed by atoms with van der Waals surface area (Å²) in [5, 5.41) is 7.91. The zero-order chi connectivity index (χ0) is 20.4. The molecule has 1 aromatic heterocycles. The van der Waals surface area contributed by atoms with Gasteiger partial charge in [0, 0.05) is 36.5 Å². The van der Waals surface area contributed by atoms with E-state index in [-0.39, 0.29) is 24.4 Å². The number of rotatable bonds is 4. The van der Waals surface area contributed by atoms with Gasteiger partial charge in [-0.2, -0.15) is 5.10 Å². The van der Waals surface area contributed by atoms with Crippen molar-refractivity contribution in [1.29, 1.82) is 0 Å². The Hall–Kier alpha value is -2.83. The number of carbonyl (C=O) groups excluding carboxylic acids is 1. The van der Waals surface area contributed by atoms with Gasteiger partial charge in [0.05, 0.1) is 24.5 Å². The molecule has 2 heterocycles. The predicted octanol–water partition coefficient (Wildman–Crippen LogP) is 3.71. The van der Waals surface area contributed by atoms with Crippen molar-refractivity contribution in [2.45, 2.75) is 19.9 Å². The minimum Gasteiger partial charge on any atom is -0.496 e. The Morgan fingerprint density at radius 3 is 2.53 bits per heavy atom. The molecule has 7 heteroatoms. The third kappa shape index (κ3) is 4.20. The first-order chi connectivity index (χ1) is 14.1. The molecular formula is C23H27ClN4O2. The number of aryl methyl sites for hydroxylation is 2. The smallest absolute Gasteiger partial charge is 0.254 e. The zero-order valence-corrected chi connectivity index (χ0v) is 18.3. The van der Waals surface area contributed by atoms with Gasteiger partial charge in [-0.15, -0.1) is 12.4 Å². The molecule has 3 aromatic rings. The van der Waals surface area contributed by atoms with Crippen LogP contribution >= 0.6 is 12.4 Å². The number of methoxy groups -OCH3 is 1. The van der Waals surface area contributed by atoms with E-state index < -0.39 is 0 Å². The lowest BCUT2D eigenvalue weighted by Crippen LogP contribution is -2.48. The second-order valence-corrected chi connectivity index (χ2v) is 7.35. The molecule has 1 atom stereocenters. The number of hydrogen-bond acceptors (Lipinski definition) is 4. The lowest BCUT2D eigenvalue weighted by molar-refractivity contribution is 0.0631. The molecule has 0 spiro atoms. The minimum absolute atomic E-state index is 0. The van der Waals surface area contributed by atoms with Gasteiger partial charge in [-0.25, -0.2) is 4.68 Å². The molecule has 0 saturated carbocycles. The molecule has 2 aromatic carbocycles. The summed E-state index contributed by atoms with van der Waals surface area (Å²) in [6.07, 6.45) is 0. The summed E-state index contributed by atoms with van der Waals surface area (Å²) in [6, 6.07) is 17.5. The minimum atomic E-state index is -0.0666. The number of nitrogens with one attached hydrogen (secondary N) is 1. The number of aromatic nitrogens is 2. The third-order valence-corrected chi connectivity index (χ3v) is 5.37. The first kappa shape index (κ1) is 21.9. The van der Waals surface area contributed by atoms with Gasteiger partial charge < -0.3 is 15.0 Å². The summed E-state index contributed by atoms with van der Waals surface area (Å²) >= 11 is 0. The van der Waals surface area contributed by atoms with Gasteiger partial charge in [0.1, 0.15) is 5.75 Å². The molecule has 4 rings (SSSR count). The van der Waals surface area contributed by atoms with Crippen LogP contribution in [0.5, 0.6) is 5.75 Å². The molecule has 1 aliphatic heterocycles. The largest absolute Gasteiger partial charge is 0.496 e. The summed E-state index contributed by atoms with van der Waals surface area (Å²) in [5.41, 5.74) is 4.70. The quantitative estimate of drug-likeness (QED) is 0.691. The number of hydrogen-bond donors (Lipinski definition) is 1. The van der Waals surface area contributed by atoms with Crippen LogP contribution in [-0.2, 0) is 0 Å². The molecule has 0 radical (unpaired) electrons. The van der Waals surface area contributed by atoms with Crippen molar-refractivity contribution in [3.05, 3.63) is 77.1 Å². The van der Waals surface area contributed by atoms with Gasteiger partial charge >= 0.3 is 0 Å². The normalized spacial score (nSPS) is 16.1. The second kappa shape index (κ2) is 9.32. The van der Waals surface area contributed by atoms with E-state index in [1.807, 2.05) is 78.0 Å². The summed E-state index contributed by atoms with van der Waals surface area (Å²) in [5.74, 6) is 0.834. The van der Waals surface area contributed by atoms with E-state index in [9.17, 15) is 4.79 Å². The van der Waals surface area contributed by atoms with Crippen molar-refractivity contribution >= 4 is 18.3 Å². The maximum Gasteiger partial charge on any atom is 0.254 e. The molecule has 30 heavy (non-hydrogen) atoms. The van der Waals surface area contributed by atoms with Gasteiger partial charge in [-0.05, 0) is 50.2 Å². The molecule has 158 valence electrons. The van der Waals surface area contributed by atoms with Crippen molar-refractivity contribution in [2.75, 3.05) is 26.7 Å². The highest BCUT2D eigenvalue weighted by atomic mass is 35.5. The topological polar surface area (TPSA) is 59.4 Å². The highest BCUT2D eigenvalue weighted by Gasteiger charge is 2.30. The molecule has 6 nitrogen and oxygen atoms in total. The zero-order valence-electron chi connectivity index (χ0n) is 17.5. The molecule has 1 aliphatic rings. The first-order valence-electron chi connectivity index (χ1n) is 9.87. The van der Waals surface area contributed by atoms with E-state index in [1.165, 1.54) is 0 Å². The van der Waals surface area contributed by atoms with E-state index >= 15 is 0 Å². The van der Waals surface area contributed by atoms with E-state index in [0.717, 1.165) is 34.9 Å². The lowest BCUT2D eigenvalue weighted by Gasteiger charge is -2.37. The van der Waals surface area contributed by atoms with Crippen LogP contribution in [0.1, 0.15) is 33.4 Å². The van der Waals surface area contributed by atoms with Gasteiger partial charge in [0.25, 0.3) is 5.91 Å². The predicted molar refractivity (Wildman–Crippen MR) is 120 cm³/mol. The Morgan fingerprint density at radius 2 is 1.87 bits per heavy atom. The van der Waals surface area contributed by atoms with Gasteiger partial charge in [0.2, 0.25) is 0 Å². The number of nitrogens with zero attached hydrogens (tertiary/aromatic N) is 3. The summed E-state index contributed by atoms with van der Waals surface area (Å²) in [7, 11) is 1.67. The highest BCUT2D eigenvalue weighted by molar-refractivity contribution is 5.94. The fourth-order valence-corrected chi connectivity index (χ4v) is 3.97. The van der Waals surface area contributed by atoms with E-state index in [2.05, 4.69) is 10.4 Å². The first-order valence-corrected chi connectivity index (χ1v) is 9.87. The fourth-order valence-electron chi connectivity index (χ4n) is 3.97. The van der Waals surface area contributed by atoms with Crippen LogP contribution in [0.2, 0.25) is 0 Å². The molecule has 0 aliphatic carbocycles. The van der Waals surface area contributed by atoms with Crippen LogP contribution in [0.3, 0.4) is 0 Å². The SMILES string of the molecule is COc1ccccc1C1CNCCN1C(=O)c1ccc(-n2nc(C)cc2C)cc1.Cl. The maximum absolute atomic E-state index is 13.3. The fraction of sp³-hybridized carbons (Fsp3) is 0.304. The van der Waals surface area contributed by atoms with Gasteiger partial charge in [-0.3, -0.25) is 4.79 Å². The Balaban J connectivity index is 0.00000256. The van der Waals surface area contributed by atoms with E-state index in [4.69, 9.17) is 4.74 Å². The van der Waals surface area contributed by atoms with Gasteiger partial charge in [-0.1, -0.05) is 18.2 Å². The third-order valence-electron chi connectivity index (χ3n) is 5.37. The molecule has 1 N–H and O–H groups in total. The van der Waals surface area contributed by atoms with Crippen LogP contribution in [0.15, 0.2) is 54.6 Å². The molecule has 1 fully saturated rings. The molecule has 1 saturated heterocycles. The van der Waals surface area contributed by atoms with Crippen LogP contribution in [0.25, 0.3) is 5.69 Å². The number of carbonyl (C=O) groups is 1. The van der Waals surface area contributed by atoms with E-state index in [1.54, 1.807) is 7.11 Å². The summed E-state index contributed by atoms with van der Waals surface area (Å²) in [6.45, 7) is 6.14. The lowest BCUT2D eigenvalue weighted by atomic mass is 10.0. The van der Waals surface area contributed by atoms with Crippen molar-refractivity contribution in [1.82, 2.24) is 20.0 Å². The Morgan fingerprint density at radius 1 is 1.13 bits per heavy atom. The maximum atomic E-state index is 13.3. The highest BCUT2D eigenvalue weighted by Crippen LogP contribution is 2.31. The summed E-state index contributed by atoms with van der Waals surface area (Å²) in [4.78, 5) is 15.3. The van der Waals surface area contributed by atoms with Crippen molar-refractivity contribution in [3.8, 4) is 11.4 Å². The Bertz CT molecular complexity index is 1020. The number of piperazine rings is 1. The summed E-state index contributed by atoms with van der Waals surface area (Å²) < 4.78 is 7.43. The molecule has 1 amide bonds. The molecule has 1 unspecified atom stereocenters. The van der Waals surface area contributed by atoms with Crippen LogP contribution < -0.4 is 10.1 Å². The van der Waals surface area contributed by atoms with Crippen LogP contribution in [-0.4, -0.2) is 47.3 Å². The monoisotopic (exact) mass is 426 g/mol. The molecular weight excluding hydrogens is 400 g/mol. The van der Waals surface area contributed by atoms with Crippen molar-refractivity contribution in [3.63, 3.8) is 0 Å². The molecule has 0 bridgehead atoms. The number of para-hydroxylation sites is 1. The Kier molecular flexibility index (Phi) is 6.80. The van der Waals surface area contributed by atoms with Crippen LogP contribution in [0.4, 0.5) is 0 Å². The Labute approximate surface area is 183 Å². The van der Waals surface area contributed by atoms with Crippen LogP contribution in [0, 0.1) is 13.8 Å². The van der Waals surface area contributed by atoms with Crippen molar-refractivity contribution in [2.24, 2.45) is 0 Å². The number of halogens is 1. The standard InChI is InChI=1S/C23H26N4O2.ClH/c1-16-14-17(2)27(25-16)19-10-8-18(9-11-19)23(28)26-13-12-24-15-21(26)20-6-4-5-7-22(20)29-3;/h4-11,14,21,24H,12-13,15H2,1-3H3;1H. The van der Waals surface area contributed by atoms with E-state index in [0.29, 0.717) is 18.7 Å². The average Bonchev–Trinajstić information content (AvgIpc) is 3.11. The van der Waals surface area contributed by atoms with Crippen molar-refractivity contribution < 1.29 is 9.53 Å². The number of benzene rings is 2. The number of ether oxygens (including phenoxy) is 1. The second-order valence-electron chi connectivity index (χ2n) is 7.35.